The van der Waals surface area contributed by atoms with Crippen molar-refractivity contribution in [2.24, 2.45) is 0 Å². The molecule has 2 aromatic rings. The zero-order valence-electron chi connectivity index (χ0n) is 22.0. The Balaban J connectivity index is 1.73. The Morgan fingerprint density at radius 1 is 1.05 bits per heavy atom. The first-order valence-electron chi connectivity index (χ1n) is 12.9. The van der Waals surface area contributed by atoms with Gasteiger partial charge in [-0.25, -0.2) is 8.42 Å². The average Bonchev–Trinajstić information content (AvgIpc) is 2.86. The predicted molar refractivity (Wildman–Crippen MR) is 149 cm³/mol. The van der Waals surface area contributed by atoms with E-state index in [-0.39, 0.29) is 37.4 Å². The number of aryl methyl sites for hydroxylation is 1. The van der Waals surface area contributed by atoms with Crippen molar-refractivity contribution in [2.45, 2.75) is 77.4 Å². The highest BCUT2D eigenvalue weighted by Crippen LogP contribution is 2.24. The molecule has 9 heteroatoms. The molecule has 1 atom stereocenters. The number of halogens is 1. The van der Waals surface area contributed by atoms with Crippen molar-refractivity contribution in [1.29, 1.82) is 0 Å². The quantitative estimate of drug-likeness (QED) is 0.426. The summed E-state index contributed by atoms with van der Waals surface area (Å²) in [5.74, 6) is -0.394. The number of carbonyl (C=O) groups excluding carboxylic acids is 2. The number of sulfonamides is 1. The minimum Gasteiger partial charge on any atom is -0.352 e. The number of nitrogens with one attached hydrogen (secondary N) is 1. The summed E-state index contributed by atoms with van der Waals surface area (Å²) in [7, 11) is -3.53. The fourth-order valence-corrected chi connectivity index (χ4v) is 6.01. The molecule has 0 spiro atoms. The molecule has 1 saturated carbocycles. The number of benzene rings is 2. The lowest BCUT2D eigenvalue weighted by Gasteiger charge is -2.32. The second-order valence-corrected chi connectivity index (χ2v) is 12.2. The smallest absolute Gasteiger partial charge is 0.242 e. The van der Waals surface area contributed by atoms with Crippen LogP contribution < -0.4 is 9.62 Å². The maximum absolute atomic E-state index is 13.5. The van der Waals surface area contributed by atoms with Crippen molar-refractivity contribution < 1.29 is 18.0 Å². The third-order valence-electron chi connectivity index (χ3n) is 6.95. The third-order valence-corrected chi connectivity index (χ3v) is 8.50. The van der Waals surface area contributed by atoms with Crippen LogP contribution in [0.3, 0.4) is 0 Å². The van der Waals surface area contributed by atoms with E-state index in [1.807, 2.05) is 37.3 Å². The van der Waals surface area contributed by atoms with Crippen LogP contribution in [-0.2, 0) is 26.2 Å². The summed E-state index contributed by atoms with van der Waals surface area (Å²) in [6.45, 7) is 3.96. The molecule has 202 valence electrons. The second kappa shape index (κ2) is 13.3. The molecule has 0 unspecified atom stereocenters. The Hall–Kier alpha value is -2.58. The van der Waals surface area contributed by atoms with Gasteiger partial charge in [0.05, 0.1) is 11.9 Å². The van der Waals surface area contributed by atoms with Gasteiger partial charge in [0.25, 0.3) is 0 Å². The van der Waals surface area contributed by atoms with Crippen LogP contribution in [0.2, 0.25) is 5.02 Å². The number of hydrogen-bond acceptors (Lipinski definition) is 4. The van der Waals surface area contributed by atoms with Crippen LogP contribution in [0.25, 0.3) is 0 Å². The van der Waals surface area contributed by atoms with Crippen LogP contribution in [0.4, 0.5) is 5.69 Å². The number of nitrogens with zero attached hydrogens (tertiary/aromatic N) is 2. The SMILES string of the molecule is Cc1ccccc1N(CCCC(=O)N(Cc1ccccc1Cl)[C@H](C)C(=O)NC1CCCCC1)S(C)(=O)=O. The van der Waals surface area contributed by atoms with Crippen LogP contribution in [0.5, 0.6) is 0 Å². The van der Waals surface area contributed by atoms with Gasteiger partial charge >= 0.3 is 0 Å². The van der Waals surface area contributed by atoms with Gasteiger partial charge in [-0.2, -0.15) is 0 Å². The second-order valence-electron chi connectivity index (χ2n) is 9.86. The summed E-state index contributed by atoms with van der Waals surface area (Å²) in [6.07, 6.45) is 6.88. The van der Waals surface area contributed by atoms with Gasteiger partial charge in [-0.15, -0.1) is 0 Å². The molecule has 3 rings (SSSR count). The molecule has 0 aromatic heterocycles. The van der Waals surface area contributed by atoms with Crippen molar-refractivity contribution in [3.63, 3.8) is 0 Å². The molecule has 7 nitrogen and oxygen atoms in total. The largest absolute Gasteiger partial charge is 0.352 e. The van der Waals surface area contributed by atoms with E-state index in [0.717, 1.165) is 36.8 Å². The standard InChI is InChI=1S/C28H38ClN3O4S/c1-21-12-7-10-17-26(21)32(37(3,35)36)19-11-18-27(33)31(20-23-13-8-9-16-25(23)29)22(2)28(34)30-24-14-5-4-6-15-24/h7-10,12-13,16-17,22,24H,4-6,11,14-15,18-20H2,1-3H3,(H,30,34)/t22-/m1/s1. The fraction of sp³-hybridized carbons (Fsp3) is 0.500. The van der Waals surface area contributed by atoms with Crippen LogP contribution in [0, 0.1) is 6.92 Å². The average molecular weight is 548 g/mol. The van der Waals surface area contributed by atoms with Gasteiger partial charge < -0.3 is 10.2 Å². The first-order chi connectivity index (χ1) is 17.6. The summed E-state index contributed by atoms with van der Waals surface area (Å²) in [6, 6.07) is 14.0. The van der Waals surface area contributed by atoms with Crippen LogP contribution >= 0.6 is 11.6 Å². The molecular formula is C28H38ClN3O4S. The van der Waals surface area contributed by atoms with E-state index >= 15 is 0 Å². The molecule has 1 N–H and O–H groups in total. The maximum atomic E-state index is 13.5. The lowest BCUT2D eigenvalue weighted by atomic mass is 9.95. The Labute approximate surface area is 226 Å². The normalized spacial score (nSPS) is 15.1. The zero-order chi connectivity index (χ0) is 27.0. The predicted octanol–water partition coefficient (Wildman–Crippen LogP) is 5.06. The van der Waals surface area contributed by atoms with Crippen LogP contribution in [0.15, 0.2) is 48.5 Å². The first kappa shape index (κ1) is 29.0. The van der Waals surface area contributed by atoms with Crippen molar-refractivity contribution in [3.8, 4) is 0 Å². The lowest BCUT2D eigenvalue weighted by molar-refractivity contribution is -0.141. The summed E-state index contributed by atoms with van der Waals surface area (Å²) in [5.41, 5.74) is 2.20. The van der Waals surface area contributed by atoms with Gasteiger partial charge in [0.1, 0.15) is 6.04 Å². The van der Waals surface area contributed by atoms with Gasteiger partial charge in [-0.1, -0.05) is 67.3 Å². The molecule has 2 amide bonds. The minimum absolute atomic E-state index is 0.101. The highest BCUT2D eigenvalue weighted by Gasteiger charge is 2.29. The molecule has 1 aliphatic carbocycles. The minimum atomic E-state index is -3.53. The number of hydrogen-bond donors (Lipinski definition) is 1. The van der Waals surface area contributed by atoms with Crippen LogP contribution in [0.1, 0.15) is 63.0 Å². The Morgan fingerprint density at radius 3 is 2.35 bits per heavy atom. The molecule has 0 heterocycles. The molecular weight excluding hydrogens is 510 g/mol. The molecule has 1 fully saturated rings. The molecule has 37 heavy (non-hydrogen) atoms. The number of rotatable bonds is 11. The van der Waals surface area contributed by atoms with Gasteiger partial charge in [0.15, 0.2) is 0 Å². The van der Waals surface area contributed by atoms with Gasteiger partial charge in [-0.3, -0.25) is 13.9 Å². The van der Waals surface area contributed by atoms with E-state index in [4.69, 9.17) is 11.6 Å². The van der Waals surface area contributed by atoms with Crippen molar-refractivity contribution in [3.05, 3.63) is 64.7 Å². The summed E-state index contributed by atoms with van der Waals surface area (Å²) >= 11 is 6.38. The monoisotopic (exact) mass is 547 g/mol. The van der Waals surface area contributed by atoms with Gasteiger partial charge in [-0.05, 0) is 56.4 Å². The summed E-state index contributed by atoms with van der Waals surface area (Å²) in [5, 5.41) is 3.65. The number of anilines is 1. The van der Waals surface area contributed by atoms with E-state index in [1.165, 1.54) is 17.0 Å². The van der Waals surface area contributed by atoms with Gasteiger partial charge in [0.2, 0.25) is 21.8 Å². The lowest BCUT2D eigenvalue weighted by Crippen LogP contribution is -2.50. The maximum Gasteiger partial charge on any atom is 0.242 e. The fourth-order valence-electron chi connectivity index (χ4n) is 4.79. The van der Waals surface area contributed by atoms with Crippen molar-refractivity contribution in [1.82, 2.24) is 10.2 Å². The van der Waals surface area contributed by atoms with Crippen molar-refractivity contribution in [2.75, 3.05) is 17.1 Å². The molecule has 0 bridgehead atoms. The Kier molecular flexibility index (Phi) is 10.4. The number of amides is 2. The first-order valence-corrected chi connectivity index (χ1v) is 15.2. The third kappa shape index (κ3) is 8.20. The van der Waals surface area contributed by atoms with E-state index in [2.05, 4.69) is 5.32 Å². The van der Waals surface area contributed by atoms with E-state index in [9.17, 15) is 18.0 Å². The van der Waals surface area contributed by atoms with Crippen molar-refractivity contribution >= 4 is 39.1 Å². The van der Waals surface area contributed by atoms with E-state index in [1.54, 1.807) is 30.0 Å². The highest BCUT2D eigenvalue weighted by molar-refractivity contribution is 7.92. The van der Waals surface area contributed by atoms with Crippen LogP contribution in [-0.4, -0.2) is 50.0 Å². The Morgan fingerprint density at radius 2 is 1.70 bits per heavy atom. The summed E-state index contributed by atoms with van der Waals surface area (Å²) in [4.78, 5) is 28.2. The zero-order valence-corrected chi connectivity index (χ0v) is 23.5. The summed E-state index contributed by atoms with van der Waals surface area (Å²) < 4.78 is 26.4. The van der Waals surface area contributed by atoms with E-state index < -0.39 is 16.1 Å². The number of carbonyl (C=O) groups is 2. The molecule has 1 aliphatic rings. The molecule has 0 aliphatic heterocycles. The molecule has 0 radical (unpaired) electrons. The topological polar surface area (TPSA) is 86.8 Å². The van der Waals surface area contributed by atoms with Gasteiger partial charge in [0, 0.05) is 30.6 Å². The molecule has 0 saturated heterocycles. The highest BCUT2D eigenvalue weighted by atomic mass is 35.5. The van der Waals surface area contributed by atoms with E-state index in [0.29, 0.717) is 17.1 Å². The number of para-hydroxylation sites is 1. The Bertz CT molecular complexity index is 1180. The molecule has 2 aromatic carbocycles.